The number of carbonyl (C=O) groups excluding carboxylic acids is 2. The molecular formula is C18H15F3N2O3S. The number of ether oxygens (including phenoxy) is 1. The van der Waals surface area contributed by atoms with Crippen LogP contribution in [-0.4, -0.2) is 19.1 Å². The van der Waals surface area contributed by atoms with Crippen molar-refractivity contribution in [3.05, 3.63) is 58.1 Å². The van der Waals surface area contributed by atoms with Gasteiger partial charge in [0, 0.05) is 15.5 Å². The molecule has 0 spiro atoms. The van der Waals surface area contributed by atoms with Crippen molar-refractivity contribution in [1.82, 2.24) is 10.6 Å². The van der Waals surface area contributed by atoms with Gasteiger partial charge in [-0.05, 0) is 36.8 Å². The highest BCUT2D eigenvalue weighted by molar-refractivity contribution is 7.15. The fourth-order valence-electron chi connectivity index (χ4n) is 2.77. The summed E-state index contributed by atoms with van der Waals surface area (Å²) in [7, 11) is 1.25. The number of methoxy groups -OCH3 is 1. The Hall–Kier alpha value is -2.81. The third-order valence-corrected chi connectivity index (χ3v) is 5.28. The first-order valence-corrected chi connectivity index (χ1v) is 8.66. The standard InChI is InChI=1S/C18H15F3N2O3S/c1-9-14(16(24)26-2)15(23-17(25)22-9)13-8-7-12(27-13)10-3-5-11(6-4-10)18(19,20)21/h3-8,15H,1-2H3,(H2,22,23,25)/t15-/m0/s1. The van der Waals surface area contributed by atoms with E-state index < -0.39 is 29.8 Å². The topological polar surface area (TPSA) is 67.4 Å². The first-order valence-electron chi connectivity index (χ1n) is 7.84. The van der Waals surface area contributed by atoms with Crippen LogP contribution in [0, 0.1) is 0 Å². The van der Waals surface area contributed by atoms with Gasteiger partial charge < -0.3 is 15.4 Å². The number of hydrogen-bond acceptors (Lipinski definition) is 4. The zero-order chi connectivity index (χ0) is 19.8. The number of urea groups is 1. The van der Waals surface area contributed by atoms with E-state index >= 15 is 0 Å². The molecule has 2 amide bonds. The van der Waals surface area contributed by atoms with Crippen molar-refractivity contribution in [2.45, 2.75) is 19.1 Å². The van der Waals surface area contributed by atoms with Crippen molar-refractivity contribution >= 4 is 23.3 Å². The van der Waals surface area contributed by atoms with Crippen molar-refractivity contribution in [1.29, 1.82) is 0 Å². The van der Waals surface area contributed by atoms with Gasteiger partial charge in [0.25, 0.3) is 0 Å². The SMILES string of the molecule is COC(=O)C1=C(C)NC(=O)N[C@H]1c1ccc(-c2ccc(C(F)(F)F)cc2)s1. The van der Waals surface area contributed by atoms with Crippen molar-refractivity contribution in [2.75, 3.05) is 7.11 Å². The predicted octanol–water partition coefficient (Wildman–Crippen LogP) is 4.23. The van der Waals surface area contributed by atoms with E-state index in [9.17, 15) is 22.8 Å². The van der Waals surface area contributed by atoms with Crippen LogP contribution < -0.4 is 10.6 Å². The maximum absolute atomic E-state index is 12.7. The van der Waals surface area contributed by atoms with E-state index in [2.05, 4.69) is 10.6 Å². The number of hydrogen-bond donors (Lipinski definition) is 2. The van der Waals surface area contributed by atoms with E-state index in [1.807, 2.05) is 0 Å². The van der Waals surface area contributed by atoms with Crippen LogP contribution >= 0.6 is 11.3 Å². The third-order valence-electron chi connectivity index (χ3n) is 4.08. The Balaban J connectivity index is 1.93. The van der Waals surface area contributed by atoms with Crippen molar-refractivity contribution in [3.63, 3.8) is 0 Å². The lowest BCUT2D eigenvalue weighted by molar-refractivity contribution is -0.138. The maximum Gasteiger partial charge on any atom is 0.416 e. The molecule has 1 aliphatic rings. The van der Waals surface area contributed by atoms with Gasteiger partial charge >= 0.3 is 18.2 Å². The molecule has 1 aromatic heterocycles. The summed E-state index contributed by atoms with van der Waals surface area (Å²) in [5.74, 6) is -0.575. The normalized spacial score (nSPS) is 17.4. The summed E-state index contributed by atoms with van der Waals surface area (Å²) in [6.45, 7) is 1.60. The van der Waals surface area contributed by atoms with E-state index in [1.54, 1.807) is 19.1 Å². The molecule has 2 aromatic rings. The number of amides is 2. The minimum absolute atomic E-state index is 0.276. The highest BCUT2D eigenvalue weighted by atomic mass is 32.1. The van der Waals surface area contributed by atoms with Crippen LogP contribution in [-0.2, 0) is 15.7 Å². The molecule has 0 radical (unpaired) electrons. The highest BCUT2D eigenvalue weighted by Crippen LogP contribution is 2.37. The molecule has 2 heterocycles. The summed E-state index contributed by atoms with van der Waals surface area (Å²) < 4.78 is 42.9. The van der Waals surface area contributed by atoms with Crippen LogP contribution in [0.15, 0.2) is 47.7 Å². The fraction of sp³-hybridized carbons (Fsp3) is 0.222. The number of thiophene rings is 1. The van der Waals surface area contributed by atoms with Crippen LogP contribution in [0.4, 0.5) is 18.0 Å². The van der Waals surface area contributed by atoms with Gasteiger partial charge in [0.05, 0.1) is 24.3 Å². The second kappa shape index (κ2) is 7.07. The summed E-state index contributed by atoms with van der Waals surface area (Å²) in [5, 5.41) is 5.21. The van der Waals surface area contributed by atoms with Crippen LogP contribution in [0.25, 0.3) is 10.4 Å². The number of benzene rings is 1. The molecule has 1 atom stereocenters. The summed E-state index contributed by atoms with van der Waals surface area (Å²) in [6, 6.07) is 7.14. The van der Waals surface area contributed by atoms with Gasteiger partial charge in [-0.2, -0.15) is 13.2 Å². The van der Waals surface area contributed by atoms with E-state index in [0.717, 1.165) is 12.1 Å². The van der Waals surface area contributed by atoms with Gasteiger partial charge in [0.15, 0.2) is 0 Å². The van der Waals surface area contributed by atoms with E-state index in [0.29, 0.717) is 21.0 Å². The molecule has 0 aliphatic carbocycles. The molecular weight excluding hydrogens is 381 g/mol. The zero-order valence-corrected chi connectivity index (χ0v) is 15.1. The molecule has 0 fully saturated rings. The summed E-state index contributed by atoms with van der Waals surface area (Å²) in [5.41, 5.74) is 0.554. The van der Waals surface area contributed by atoms with Gasteiger partial charge in [-0.1, -0.05) is 12.1 Å². The van der Waals surface area contributed by atoms with E-state index in [1.165, 1.54) is 30.6 Å². The number of halogens is 3. The third kappa shape index (κ3) is 3.82. The molecule has 0 saturated carbocycles. The second-order valence-electron chi connectivity index (χ2n) is 5.84. The maximum atomic E-state index is 12.7. The number of carbonyl (C=O) groups is 2. The molecule has 1 aromatic carbocycles. The summed E-state index contributed by atoms with van der Waals surface area (Å²) >= 11 is 1.28. The van der Waals surface area contributed by atoms with Crippen molar-refractivity contribution in [2.24, 2.45) is 0 Å². The van der Waals surface area contributed by atoms with Gasteiger partial charge in [-0.25, -0.2) is 9.59 Å². The summed E-state index contributed by atoms with van der Waals surface area (Å²) in [4.78, 5) is 25.3. The Kier molecular flexibility index (Phi) is 4.97. The van der Waals surface area contributed by atoms with Crippen LogP contribution in [0.1, 0.15) is 23.4 Å². The summed E-state index contributed by atoms with van der Waals surface area (Å²) in [6.07, 6.45) is -4.39. The lowest BCUT2D eigenvalue weighted by Crippen LogP contribution is -2.45. The van der Waals surface area contributed by atoms with Gasteiger partial charge in [0.1, 0.15) is 0 Å². The van der Waals surface area contributed by atoms with Crippen molar-refractivity contribution < 1.29 is 27.5 Å². The van der Waals surface area contributed by atoms with Crippen LogP contribution in [0.3, 0.4) is 0 Å². The number of allylic oxidation sites excluding steroid dienone is 1. The molecule has 0 bridgehead atoms. The average molecular weight is 396 g/mol. The van der Waals surface area contributed by atoms with Crippen LogP contribution in [0.2, 0.25) is 0 Å². The van der Waals surface area contributed by atoms with Gasteiger partial charge in [-0.3, -0.25) is 0 Å². The van der Waals surface area contributed by atoms with Gasteiger partial charge in [0.2, 0.25) is 0 Å². The monoisotopic (exact) mass is 396 g/mol. The predicted molar refractivity (Wildman–Crippen MR) is 93.9 cm³/mol. The molecule has 27 heavy (non-hydrogen) atoms. The van der Waals surface area contributed by atoms with E-state index in [-0.39, 0.29) is 5.57 Å². The molecule has 1 aliphatic heterocycles. The Morgan fingerprint density at radius 2 is 1.81 bits per heavy atom. The largest absolute Gasteiger partial charge is 0.466 e. The molecule has 0 saturated heterocycles. The zero-order valence-electron chi connectivity index (χ0n) is 14.3. The average Bonchev–Trinajstić information content (AvgIpc) is 3.10. The number of nitrogens with one attached hydrogen (secondary N) is 2. The fourth-order valence-corrected chi connectivity index (χ4v) is 3.85. The lowest BCUT2D eigenvalue weighted by atomic mass is 10.0. The van der Waals surface area contributed by atoms with Gasteiger partial charge in [-0.15, -0.1) is 11.3 Å². The Bertz CT molecular complexity index is 917. The first kappa shape index (κ1) is 19.0. The van der Waals surface area contributed by atoms with E-state index in [4.69, 9.17) is 4.74 Å². The highest BCUT2D eigenvalue weighted by Gasteiger charge is 2.33. The minimum atomic E-state index is -4.39. The second-order valence-corrected chi connectivity index (χ2v) is 6.95. The van der Waals surface area contributed by atoms with Crippen LogP contribution in [0.5, 0.6) is 0 Å². The molecule has 2 N–H and O–H groups in total. The number of esters is 1. The first-order chi connectivity index (χ1) is 12.7. The molecule has 142 valence electrons. The van der Waals surface area contributed by atoms with Crippen molar-refractivity contribution in [3.8, 4) is 10.4 Å². The minimum Gasteiger partial charge on any atom is -0.466 e. The smallest absolute Gasteiger partial charge is 0.416 e. The molecule has 9 heteroatoms. The number of alkyl halides is 3. The lowest BCUT2D eigenvalue weighted by Gasteiger charge is -2.26. The number of rotatable bonds is 3. The Morgan fingerprint density at radius 3 is 2.41 bits per heavy atom. The Labute approximate surface area is 156 Å². The molecule has 3 rings (SSSR count). The quantitative estimate of drug-likeness (QED) is 0.763. The Morgan fingerprint density at radius 1 is 1.15 bits per heavy atom. The molecule has 0 unspecified atom stereocenters. The molecule has 5 nitrogen and oxygen atoms in total.